The van der Waals surface area contributed by atoms with Crippen LogP contribution in [0.1, 0.15) is 5.82 Å². The number of aliphatic hydroxyl groups excluding tert-OH is 1. The summed E-state index contributed by atoms with van der Waals surface area (Å²) in [6, 6.07) is 0. The van der Waals surface area contributed by atoms with E-state index in [1.807, 2.05) is 0 Å². The van der Waals surface area contributed by atoms with E-state index in [4.69, 9.17) is 22.6 Å². The predicted octanol–water partition coefficient (Wildman–Crippen LogP) is -0.561. The van der Waals surface area contributed by atoms with E-state index in [2.05, 4.69) is 4.98 Å². The lowest BCUT2D eigenvalue weighted by atomic mass is 10.6. The number of imidazole rings is 1. The minimum Gasteiger partial charge on any atom is -0.392 e. The molecule has 1 aromatic rings. The van der Waals surface area contributed by atoms with Crippen LogP contribution >= 0.6 is 0 Å². The van der Waals surface area contributed by atoms with Crippen LogP contribution in [0.2, 0.25) is 0 Å². The van der Waals surface area contributed by atoms with Crippen LogP contribution in [0.4, 0.5) is 5.82 Å². The molecule has 0 radical (unpaired) electrons. The van der Waals surface area contributed by atoms with Crippen molar-refractivity contribution in [2.24, 2.45) is 0 Å². The molecule has 10 nitrogen and oxygen atoms in total. The standard InChI is InChI=1S/C6H9N3O3.H2O4S/c1-5-7-4-6(9(11)12)8(5)2-3-10;1-5(2,3)4/h4,10H,2-3H2,1H3;(H2,1,2,3,4). The zero-order valence-corrected chi connectivity index (χ0v) is 9.53. The second-order valence-electron chi connectivity index (χ2n) is 2.74. The Morgan fingerprint density at radius 1 is 1.53 bits per heavy atom. The highest BCUT2D eigenvalue weighted by Crippen LogP contribution is 2.12. The van der Waals surface area contributed by atoms with E-state index >= 15 is 0 Å². The molecule has 3 N–H and O–H groups in total. The maximum atomic E-state index is 10.4. The van der Waals surface area contributed by atoms with Gasteiger partial charge in [0.25, 0.3) is 0 Å². The second-order valence-corrected chi connectivity index (χ2v) is 3.64. The van der Waals surface area contributed by atoms with Gasteiger partial charge >= 0.3 is 16.2 Å². The Bertz CT molecular complexity index is 472. The van der Waals surface area contributed by atoms with Gasteiger partial charge in [-0.25, -0.2) is 9.55 Å². The van der Waals surface area contributed by atoms with E-state index in [1.54, 1.807) is 6.92 Å². The average Bonchev–Trinajstić information content (AvgIpc) is 2.46. The first-order chi connectivity index (χ1) is 7.66. The van der Waals surface area contributed by atoms with E-state index in [0.717, 1.165) is 0 Å². The minimum absolute atomic E-state index is 0.0819. The van der Waals surface area contributed by atoms with Gasteiger partial charge in [-0.3, -0.25) is 9.11 Å². The first kappa shape index (κ1) is 15.4. The molecule has 0 fully saturated rings. The molecule has 0 aliphatic carbocycles. The van der Waals surface area contributed by atoms with Crippen LogP contribution in [-0.4, -0.2) is 43.7 Å². The van der Waals surface area contributed by atoms with Crippen molar-refractivity contribution in [2.75, 3.05) is 6.61 Å². The number of aromatic nitrogens is 2. The maximum Gasteiger partial charge on any atom is 0.394 e. The Balaban J connectivity index is 0.000000437. The van der Waals surface area contributed by atoms with Crippen molar-refractivity contribution in [3.05, 3.63) is 22.1 Å². The van der Waals surface area contributed by atoms with Gasteiger partial charge in [0, 0.05) is 6.92 Å². The number of nitro groups is 1. The summed E-state index contributed by atoms with van der Waals surface area (Å²) in [4.78, 5) is 13.6. The number of aliphatic hydroxyl groups is 1. The molecule has 11 heteroatoms. The van der Waals surface area contributed by atoms with E-state index in [9.17, 15) is 10.1 Å². The highest BCUT2D eigenvalue weighted by molar-refractivity contribution is 7.79. The Kier molecular flexibility index (Phi) is 5.67. The van der Waals surface area contributed by atoms with Crippen molar-refractivity contribution in [3.63, 3.8) is 0 Å². The molecule has 0 bridgehead atoms. The lowest BCUT2D eigenvalue weighted by molar-refractivity contribution is -0.392. The van der Waals surface area contributed by atoms with Gasteiger partial charge in [-0.1, -0.05) is 0 Å². The summed E-state index contributed by atoms with van der Waals surface area (Å²) >= 11 is 0. The molecular formula is C6H11N3O7S. The molecule has 0 saturated heterocycles. The maximum absolute atomic E-state index is 10.4. The fourth-order valence-corrected chi connectivity index (χ4v) is 0.978. The molecule has 0 aliphatic heterocycles. The fourth-order valence-electron chi connectivity index (χ4n) is 0.978. The number of hydrogen-bond donors (Lipinski definition) is 3. The van der Waals surface area contributed by atoms with Crippen molar-refractivity contribution in [1.82, 2.24) is 9.55 Å². The van der Waals surface area contributed by atoms with Gasteiger partial charge in [0.05, 0.1) is 6.61 Å². The summed E-state index contributed by atoms with van der Waals surface area (Å²) in [5, 5.41) is 19.0. The van der Waals surface area contributed by atoms with Crippen LogP contribution in [0.15, 0.2) is 6.20 Å². The first-order valence-corrected chi connectivity index (χ1v) is 5.53. The molecule has 0 atom stereocenters. The smallest absolute Gasteiger partial charge is 0.392 e. The fraction of sp³-hybridized carbons (Fsp3) is 0.500. The molecule has 0 aromatic carbocycles. The van der Waals surface area contributed by atoms with Crippen molar-refractivity contribution < 1.29 is 27.6 Å². The van der Waals surface area contributed by atoms with Crippen molar-refractivity contribution >= 4 is 16.2 Å². The molecule has 17 heavy (non-hydrogen) atoms. The molecular weight excluding hydrogens is 258 g/mol. The summed E-state index contributed by atoms with van der Waals surface area (Å²) in [7, 11) is -4.67. The lowest BCUT2D eigenvalue weighted by Crippen LogP contribution is -2.07. The van der Waals surface area contributed by atoms with Gasteiger partial charge in [0.15, 0.2) is 5.82 Å². The van der Waals surface area contributed by atoms with Gasteiger partial charge in [-0.2, -0.15) is 8.42 Å². The summed E-state index contributed by atoms with van der Waals surface area (Å²) in [6.45, 7) is 1.74. The summed E-state index contributed by atoms with van der Waals surface area (Å²) in [5.41, 5.74) is 0. The van der Waals surface area contributed by atoms with Gasteiger partial charge < -0.3 is 15.2 Å². The molecule has 98 valence electrons. The van der Waals surface area contributed by atoms with Crippen molar-refractivity contribution in [1.29, 1.82) is 0 Å². The topological polar surface area (TPSA) is 156 Å². The molecule has 0 aliphatic rings. The Morgan fingerprint density at radius 2 is 2.00 bits per heavy atom. The van der Waals surface area contributed by atoms with Gasteiger partial charge in [-0.15, -0.1) is 0 Å². The molecule has 0 amide bonds. The number of nitrogens with zero attached hydrogens (tertiary/aromatic N) is 3. The third-order valence-corrected chi connectivity index (χ3v) is 1.54. The van der Waals surface area contributed by atoms with E-state index in [1.165, 1.54) is 10.8 Å². The van der Waals surface area contributed by atoms with E-state index in [0.29, 0.717) is 5.82 Å². The van der Waals surface area contributed by atoms with Crippen LogP contribution in [0.3, 0.4) is 0 Å². The Labute approximate surface area is 96.2 Å². The predicted molar refractivity (Wildman–Crippen MR) is 54.9 cm³/mol. The quantitative estimate of drug-likeness (QED) is 0.374. The van der Waals surface area contributed by atoms with Gasteiger partial charge in [0.1, 0.15) is 12.7 Å². The van der Waals surface area contributed by atoms with Crippen molar-refractivity contribution in [3.8, 4) is 0 Å². The number of rotatable bonds is 3. The van der Waals surface area contributed by atoms with Crippen LogP contribution in [0, 0.1) is 17.0 Å². The highest BCUT2D eigenvalue weighted by atomic mass is 32.3. The third-order valence-electron chi connectivity index (χ3n) is 1.54. The first-order valence-electron chi connectivity index (χ1n) is 4.14. The number of hydrogen-bond acceptors (Lipinski definition) is 6. The average molecular weight is 269 g/mol. The highest BCUT2D eigenvalue weighted by Gasteiger charge is 2.15. The largest absolute Gasteiger partial charge is 0.394 e. The molecule has 1 heterocycles. The van der Waals surface area contributed by atoms with Crippen LogP contribution in [0.5, 0.6) is 0 Å². The zero-order valence-electron chi connectivity index (χ0n) is 8.72. The summed E-state index contributed by atoms with van der Waals surface area (Å²) < 4.78 is 32.9. The summed E-state index contributed by atoms with van der Waals surface area (Å²) in [6.07, 6.45) is 1.19. The molecule has 1 rings (SSSR count). The normalized spacial score (nSPS) is 10.6. The lowest BCUT2D eigenvalue weighted by Gasteiger charge is -1.98. The minimum atomic E-state index is -4.67. The second kappa shape index (κ2) is 6.24. The van der Waals surface area contributed by atoms with Crippen LogP contribution in [0.25, 0.3) is 0 Å². The van der Waals surface area contributed by atoms with Gasteiger partial charge in [0.2, 0.25) is 0 Å². The molecule has 0 saturated carbocycles. The van der Waals surface area contributed by atoms with Crippen LogP contribution < -0.4 is 0 Å². The Hall–Kier alpha value is -1.56. The third kappa shape index (κ3) is 6.57. The SMILES string of the molecule is Cc1ncc([N+](=O)[O-])n1CCO.O=S(=O)(O)O. The van der Waals surface area contributed by atoms with E-state index < -0.39 is 15.3 Å². The summed E-state index contributed by atoms with van der Waals surface area (Å²) in [5.74, 6) is 0.456. The van der Waals surface area contributed by atoms with Crippen LogP contribution in [-0.2, 0) is 16.9 Å². The number of aryl methyl sites for hydroxylation is 1. The van der Waals surface area contributed by atoms with Crippen molar-refractivity contribution in [2.45, 2.75) is 13.5 Å². The Morgan fingerprint density at radius 3 is 2.35 bits per heavy atom. The van der Waals surface area contributed by atoms with Gasteiger partial charge in [-0.05, 0) is 4.92 Å². The molecule has 1 aromatic heterocycles. The van der Waals surface area contributed by atoms with E-state index in [-0.39, 0.29) is 19.0 Å². The molecule has 0 unspecified atom stereocenters. The zero-order chi connectivity index (χ0) is 13.6. The molecule has 0 spiro atoms. The monoisotopic (exact) mass is 269 g/mol.